The smallest absolute Gasteiger partial charge is 0.336 e. The molecule has 2 heterocycles. The number of aromatic hydroxyl groups is 1. The van der Waals surface area contributed by atoms with Gasteiger partial charge in [-0.05, 0) is 55.0 Å². The predicted octanol–water partition coefficient (Wildman–Crippen LogP) is 4.66. The number of aryl methyl sites for hydroxylation is 1. The van der Waals surface area contributed by atoms with Gasteiger partial charge in [-0.1, -0.05) is 19.1 Å². The number of fused-ring (bicyclic) bond motifs is 1. The fourth-order valence-corrected chi connectivity index (χ4v) is 3.96. The van der Waals surface area contributed by atoms with Crippen LogP contribution in [-0.4, -0.2) is 18.2 Å². The third-order valence-corrected chi connectivity index (χ3v) is 5.48. The van der Waals surface area contributed by atoms with E-state index in [4.69, 9.17) is 4.42 Å². The van der Waals surface area contributed by atoms with E-state index in [0.717, 1.165) is 35.3 Å². The summed E-state index contributed by atoms with van der Waals surface area (Å²) in [4.78, 5) is 14.4. The first-order valence-corrected chi connectivity index (χ1v) is 10.0. The van der Waals surface area contributed by atoms with Crippen molar-refractivity contribution in [2.24, 2.45) is 0 Å². The van der Waals surface area contributed by atoms with Gasteiger partial charge in [0, 0.05) is 37.2 Å². The van der Waals surface area contributed by atoms with E-state index in [1.54, 1.807) is 6.07 Å². The van der Waals surface area contributed by atoms with Crippen LogP contribution in [0.5, 0.6) is 5.75 Å². The summed E-state index contributed by atoms with van der Waals surface area (Å²) in [6.07, 6.45) is 4.46. The van der Waals surface area contributed by atoms with Gasteiger partial charge >= 0.3 is 5.63 Å². The number of benzene rings is 2. The molecule has 0 spiro atoms. The molecular weight excluding hydrogens is 352 g/mol. The molecule has 0 aliphatic carbocycles. The highest BCUT2D eigenvalue weighted by Gasteiger charge is 2.15. The number of phenolic OH excluding ortho intramolecular Hbond substituents is 1. The number of anilines is 2. The Kier molecular flexibility index (Phi) is 5.24. The second-order valence-corrected chi connectivity index (χ2v) is 7.34. The van der Waals surface area contributed by atoms with Gasteiger partial charge in [-0.25, -0.2) is 4.79 Å². The first kappa shape index (κ1) is 18.4. The third-order valence-electron chi connectivity index (χ3n) is 5.48. The van der Waals surface area contributed by atoms with Crippen LogP contribution in [0.1, 0.15) is 37.3 Å². The summed E-state index contributed by atoms with van der Waals surface area (Å²) in [5.74, 6) is 0.165. The molecule has 146 valence electrons. The molecule has 4 rings (SSSR count). The minimum absolute atomic E-state index is 0.165. The number of hydrogen-bond acceptors (Lipinski definition) is 5. The Hall–Kier alpha value is -2.95. The molecule has 1 saturated heterocycles. The summed E-state index contributed by atoms with van der Waals surface area (Å²) >= 11 is 0. The second-order valence-electron chi connectivity index (χ2n) is 7.34. The number of nitrogens with zero attached hydrogens (tertiary/aromatic N) is 1. The molecular formula is C23H26N2O3. The lowest BCUT2D eigenvalue weighted by atomic mass is 10.0. The van der Waals surface area contributed by atoms with Gasteiger partial charge in [0.05, 0.1) is 11.4 Å². The Bertz CT molecular complexity index is 1040. The molecule has 2 aromatic carbocycles. The zero-order valence-corrected chi connectivity index (χ0v) is 16.2. The first-order chi connectivity index (χ1) is 13.7. The normalized spacial score (nSPS) is 14.4. The number of nitrogens with one attached hydrogen (secondary N) is 1. The van der Waals surface area contributed by atoms with E-state index in [9.17, 15) is 9.90 Å². The van der Waals surface area contributed by atoms with Gasteiger partial charge in [-0.15, -0.1) is 0 Å². The van der Waals surface area contributed by atoms with Crippen LogP contribution in [-0.2, 0) is 13.0 Å². The maximum Gasteiger partial charge on any atom is 0.336 e. The quantitative estimate of drug-likeness (QED) is 0.632. The molecule has 5 heteroatoms. The lowest BCUT2D eigenvalue weighted by Crippen LogP contribution is -2.30. The topological polar surface area (TPSA) is 65.7 Å². The number of hydrogen-bond donors (Lipinski definition) is 2. The van der Waals surface area contributed by atoms with E-state index in [-0.39, 0.29) is 5.75 Å². The standard InChI is InChI=1S/C23H26N2O3/c1-2-16-12-18-17(13-23(27)28-22(18)14-21(16)26)15-24-19-8-4-5-9-20(19)25-10-6-3-7-11-25/h4-5,8-9,12-14,24,26H,2-3,6-7,10-11,15H2,1H3. The summed E-state index contributed by atoms with van der Waals surface area (Å²) in [7, 11) is 0. The molecule has 0 atom stereocenters. The largest absolute Gasteiger partial charge is 0.508 e. The molecule has 0 radical (unpaired) electrons. The number of rotatable bonds is 5. The van der Waals surface area contributed by atoms with Crippen LogP contribution in [0, 0.1) is 0 Å². The van der Waals surface area contributed by atoms with Crippen molar-refractivity contribution in [3.63, 3.8) is 0 Å². The van der Waals surface area contributed by atoms with Crippen molar-refractivity contribution < 1.29 is 9.52 Å². The number of piperidine rings is 1. The Morgan fingerprint density at radius 1 is 1.07 bits per heavy atom. The van der Waals surface area contributed by atoms with Gasteiger partial charge in [0.25, 0.3) is 0 Å². The highest BCUT2D eigenvalue weighted by molar-refractivity contribution is 5.83. The SMILES string of the molecule is CCc1cc2c(CNc3ccccc3N3CCCCC3)cc(=O)oc2cc1O. The van der Waals surface area contributed by atoms with Crippen LogP contribution < -0.4 is 15.8 Å². The van der Waals surface area contributed by atoms with E-state index in [2.05, 4.69) is 28.4 Å². The van der Waals surface area contributed by atoms with Crippen LogP contribution in [0.2, 0.25) is 0 Å². The minimum Gasteiger partial charge on any atom is -0.508 e. The molecule has 0 amide bonds. The maximum absolute atomic E-state index is 12.0. The van der Waals surface area contributed by atoms with Gasteiger partial charge in [0.1, 0.15) is 11.3 Å². The molecule has 1 aliphatic rings. The van der Waals surface area contributed by atoms with Crippen molar-refractivity contribution in [2.75, 3.05) is 23.3 Å². The van der Waals surface area contributed by atoms with E-state index >= 15 is 0 Å². The Morgan fingerprint density at radius 2 is 1.86 bits per heavy atom. The fraction of sp³-hybridized carbons (Fsp3) is 0.348. The Labute approximate surface area is 164 Å². The summed E-state index contributed by atoms with van der Waals surface area (Å²) in [5.41, 5.74) is 4.01. The molecule has 2 N–H and O–H groups in total. The summed E-state index contributed by atoms with van der Waals surface area (Å²) in [6.45, 7) is 4.67. The summed E-state index contributed by atoms with van der Waals surface area (Å²) in [5, 5.41) is 14.5. The van der Waals surface area contributed by atoms with Gasteiger partial charge in [0.15, 0.2) is 0 Å². The molecule has 1 aliphatic heterocycles. The lowest BCUT2D eigenvalue weighted by molar-refractivity contribution is 0.466. The Balaban J connectivity index is 1.65. The van der Waals surface area contributed by atoms with E-state index in [1.165, 1.54) is 31.0 Å². The van der Waals surface area contributed by atoms with Gasteiger partial charge < -0.3 is 19.7 Å². The maximum atomic E-state index is 12.0. The van der Waals surface area contributed by atoms with Crippen LogP contribution in [0.15, 0.2) is 51.7 Å². The summed E-state index contributed by atoms with van der Waals surface area (Å²) < 4.78 is 5.30. The second kappa shape index (κ2) is 7.97. The first-order valence-electron chi connectivity index (χ1n) is 10.0. The highest BCUT2D eigenvalue weighted by atomic mass is 16.4. The molecule has 0 unspecified atom stereocenters. The fourth-order valence-electron chi connectivity index (χ4n) is 3.96. The monoisotopic (exact) mass is 378 g/mol. The van der Waals surface area contributed by atoms with Crippen molar-refractivity contribution in [1.82, 2.24) is 0 Å². The van der Waals surface area contributed by atoms with E-state index in [1.807, 2.05) is 19.1 Å². The summed E-state index contributed by atoms with van der Waals surface area (Å²) in [6, 6.07) is 13.3. The zero-order chi connectivity index (χ0) is 19.5. The zero-order valence-electron chi connectivity index (χ0n) is 16.2. The van der Waals surface area contributed by atoms with Crippen LogP contribution in [0.3, 0.4) is 0 Å². The molecule has 5 nitrogen and oxygen atoms in total. The molecule has 1 fully saturated rings. The van der Waals surface area contributed by atoms with E-state index in [0.29, 0.717) is 18.5 Å². The minimum atomic E-state index is -0.405. The highest BCUT2D eigenvalue weighted by Crippen LogP contribution is 2.30. The molecule has 28 heavy (non-hydrogen) atoms. The van der Waals surface area contributed by atoms with Crippen LogP contribution in [0.25, 0.3) is 11.0 Å². The van der Waals surface area contributed by atoms with Gasteiger partial charge in [-0.3, -0.25) is 0 Å². The van der Waals surface area contributed by atoms with Crippen LogP contribution >= 0.6 is 0 Å². The molecule has 0 saturated carbocycles. The van der Waals surface area contributed by atoms with Crippen molar-refractivity contribution in [1.29, 1.82) is 0 Å². The molecule has 1 aromatic heterocycles. The van der Waals surface area contributed by atoms with Crippen molar-refractivity contribution in [2.45, 2.75) is 39.2 Å². The van der Waals surface area contributed by atoms with Crippen molar-refractivity contribution in [3.05, 3.63) is 64.0 Å². The van der Waals surface area contributed by atoms with E-state index < -0.39 is 5.63 Å². The average Bonchev–Trinajstić information content (AvgIpc) is 2.72. The lowest BCUT2D eigenvalue weighted by Gasteiger charge is -2.30. The van der Waals surface area contributed by atoms with Crippen molar-refractivity contribution in [3.8, 4) is 5.75 Å². The van der Waals surface area contributed by atoms with Gasteiger partial charge in [-0.2, -0.15) is 0 Å². The number of para-hydroxylation sites is 2. The molecule has 3 aromatic rings. The van der Waals surface area contributed by atoms with Crippen LogP contribution in [0.4, 0.5) is 11.4 Å². The number of phenols is 1. The third kappa shape index (κ3) is 3.70. The predicted molar refractivity (Wildman–Crippen MR) is 113 cm³/mol. The average molecular weight is 378 g/mol. The van der Waals surface area contributed by atoms with Crippen molar-refractivity contribution >= 4 is 22.3 Å². The Morgan fingerprint density at radius 3 is 2.64 bits per heavy atom. The van der Waals surface area contributed by atoms with Gasteiger partial charge in [0.2, 0.25) is 0 Å². The molecule has 0 bridgehead atoms.